The highest BCUT2D eigenvalue weighted by atomic mass is 32.2. The number of nitriles is 1. The third kappa shape index (κ3) is 3.40. The summed E-state index contributed by atoms with van der Waals surface area (Å²) in [4.78, 5) is 0.121. The zero-order valence-corrected chi connectivity index (χ0v) is 18.5. The van der Waals surface area contributed by atoms with Crippen LogP contribution >= 0.6 is 11.8 Å². The molecule has 0 atom stereocenters. The zero-order chi connectivity index (χ0) is 21.5. The number of rotatable bonds is 5. The van der Waals surface area contributed by atoms with Crippen molar-refractivity contribution in [3.8, 4) is 17.6 Å². The number of hydrogen-bond acceptors (Lipinski definition) is 7. The number of benzene rings is 1. The van der Waals surface area contributed by atoms with Crippen molar-refractivity contribution in [1.82, 2.24) is 28.9 Å². The van der Waals surface area contributed by atoms with Crippen molar-refractivity contribution in [3.63, 3.8) is 0 Å². The molecule has 0 radical (unpaired) electrons. The van der Waals surface area contributed by atoms with Crippen LogP contribution in [0.25, 0.3) is 11.5 Å². The van der Waals surface area contributed by atoms with E-state index in [1.807, 2.05) is 31.7 Å². The van der Waals surface area contributed by atoms with Gasteiger partial charge in [-0.1, -0.05) is 24.8 Å². The van der Waals surface area contributed by atoms with E-state index >= 15 is 0 Å². The number of hydrogen-bond donors (Lipinski definition) is 0. The van der Waals surface area contributed by atoms with Gasteiger partial charge in [0.1, 0.15) is 5.69 Å². The highest BCUT2D eigenvalue weighted by molar-refractivity contribution is 7.99. The molecule has 9 nitrogen and oxygen atoms in total. The molecule has 0 saturated heterocycles. The minimum Gasteiger partial charge on any atom is -0.304 e. The number of aryl methyl sites for hydroxylation is 1. The molecule has 2 aromatic heterocycles. The maximum atomic E-state index is 13.2. The molecule has 11 heteroatoms. The second-order valence-electron chi connectivity index (χ2n) is 6.92. The molecule has 30 heavy (non-hydrogen) atoms. The average Bonchev–Trinajstić information content (AvgIpc) is 3.27. The van der Waals surface area contributed by atoms with Crippen molar-refractivity contribution >= 4 is 21.8 Å². The Hall–Kier alpha value is -2.68. The van der Waals surface area contributed by atoms with Crippen LogP contribution in [0.4, 0.5) is 0 Å². The van der Waals surface area contributed by atoms with Gasteiger partial charge < -0.3 is 4.57 Å². The molecule has 0 unspecified atom stereocenters. The Balaban J connectivity index is 1.73. The lowest BCUT2D eigenvalue weighted by Crippen LogP contribution is -2.36. The Morgan fingerprint density at radius 3 is 2.80 bits per heavy atom. The molecule has 0 amide bonds. The number of fused-ring (bicyclic) bond motifs is 1. The van der Waals surface area contributed by atoms with Crippen molar-refractivity contribution in [3.05, 3.63) is 41.1 Å². The fourth-order valence-corrected chi connectivity index (χ4v) is 5.70. The molecule has 156 valence electrons. The van der Waals surface area contributed by atoms with Crippen LogP contribution in [0, 0.1) is 11.3 Å². The third-order valence-electron chi connectivity index (χ3n) is 5.13. The first kappa shape index (κ1) is 20.6. The quantitative estimate of drug-likeness (QED) is 0.554. The minimum absolute atomic E-state index is 0.121. The van der Waals surface area contributed by atoms with E-state index in [1.54, 1.807) is 28.6 Å². The summed E-state index contributed by atoms with van der Waals surface area (Å²) in [5, 5.41) is 23.1. The molecule has 0 fully saturated rings. The Bertz CT molecular complexity index is 1250. The molecule has 0 bridgehead atoms. The van der Waals surface area contributed by atoms with Crippen molar-refractivity contribution in [2.45, 2.75) is 29.9 Å². The fourth-order valence-electron chi connectivity index (χ4n) is 3.60. The Morgan fingerprint density at radius 1 is 1.27 bits per heavy atom. The zero-order valence-electron chi connectivity index (χ0n) is 16.9. The van der Waals surface area contributed by atoms with E-state index in [4.69, 9.17) is 5.26 Å². The van der Waals surface area contributed by atoms with E-state index in [9.17, 15) is 8.42 Å². The molecule has 0 N–H and O–H groups in total. The second kappa shape index (κ2) is 7.86. The Morgan fingerprint density at radius 2 is 2.07 bits per heavy atom. The number of thioether (sulfide) groups is 1. The summed E-state index contributed by atoms with van der Waals surface area (Å²) in [7, 11) is 0.00776. The van der Waals surface area contributed by atoms with Crippen molar-refractivity contribution in [1.29, 1.82) is 5.26 Å². The van der Waals surface area contributed by atoms with Gasteiger partial charge in [0, 0.05) is 44.9 Å². The molecular weight excluding hydrogens is 422 g/mol. The highest BCUT2D eigenvalue weighted by Crippen LogP contribution is 2.32. The lowest BCUT2D eigenvalue weighted by molar-refractivity contribution is 0.386. The van der Waals surface area contributed by atoms with Crippen LogP contribution in [-0.4, -0.2) is 49.6 Å². The van der Waals surface area contributed by atoms with E-state index in [0.29, 0.717) is 30.0 Å². The summed E-state index contributed by atoms with van der Waals surface area (Å²) in [6, 6.07) is 8.10. The van der Waals surface area contributed by atoms with Gasteiger partial charge in [0.2, 0.25) is 10.0 Å². The van der Waals surface area contributed by atoms with Crippen LogP contribution in [0.1, 0.15) is 23.7 Å². The van der Waals surface area contributed by atoms with Crippen LogP contribution in [0.3, 0.4) is 0 Å². The largest absolute Gasteiger partial charge is 0.304 e. The molecule has 0 spiro atoms. The molecule has 4 rings (SSSR count). The van der Waals surface area contributed by atoms with Gasteiger partial charge in [-0.3, -0.25) is 4.68 Å². The van der Waals surface area contributed by atoms with E-state index in [0.717, 1.165) is 22.2 Å². The smallest absolute Gasteiger partial charge is 0.243 e. The van der Waals surface area contributed by atoms with E-state index < -0.39 is 10.0 Å². The molecule has 1 aromatic carbocycles. The normalized spacial score (nSPS) is 14.5. The summed E-state index contributed by atoms with van der Waals surface area (Å²) >= 11 is 1.59. The van der Waals surface area contributed by atoms with Gasteiger partial charge in [-0.15, -0.1) is 10.2 Å². The second-order valence-corrected chi connectivity index (χ2v) is 10.1. The van der Waals surface area contributed by atoms with E-state index in [2.05, 4.69) is 15.3 Å². The first-order chi connectivity index (χ1) is 14.4. The number of nitrogens with zero attached hydrogens (tertiary/aromatic N) is 7. The molecular formula is C19H21N7O2S2. The number of sulfonamides is 1. The fraction of sp³-hybridized carbons (Fsp3) is 0.368. The van der Waals surface area contributed by atoms with Gasteiger partial charge in [0.05, 0.1) is 16.5 Å². The van der Waals surface area contributed by atoms with Gasteiger partial charge in [-0.05, 0) is 24.0 Å². The van der Waals surface area contributed by atoms with Crippen molar-refractivity contribution < 1.29 is 8.42 Å². The first-order valence-corrected chi connectivity index (χ1v) is 11.9. The lowest BCUT2D eigenvalue weighted by Gasteiger charge is -2.27. The summed E-state index contributed by atoms with van der Waals surface area (Å²) < 4.78 is 31.6. The Labute approximate surface area is 179 Å². The van der Waals surface area contributed by atoms with Crippen LogP contribution in [0.5, 0.6) is 0 Å². The maximum Gasteiger partial charge on any atom is 0.243 e. The first-order valence-electron chi connectivity index (χ1n) is 9.44. The lowest BCUT2D eigenvalue weighted by atomic mass is 10.1. The average molecular weight is 444 g/mol. The molecule has 3 aromatic rings. The van der Waals surface area contributed by atoms with Crippen LogP contribution in [0.2, 0.25) is 0 Å². The summed E-state index contributed by atoms with van der Waals surface area (Å²) in [5.74, 6) is 1.49. The molecule has 3 heterocycles. The van der Waals surface area contributed by atoms with Crippen LogP contribution in [-0.2, 0) is 37.1 Å². The maximum absolute atomic E-state index is 13.2. The summed E-state index contributed by atoms with van der Waals surface area (Å²) in [5.41, 5.74) is 2.80. The SMILES string of the molecule is CCSc1nnc(-c2nn(C)c3c2CN(S(=O)(=O)c2cccc(C#N)c2)CC3)n1C. The van der Waals surface area contributed by atoms with Crippen molar-refractivity contribution in [2.75, 3.05) is 12.3 Å². The van der Waals surface area contributed by atoms with Crippen LogP contribution < -0.4 is 0 Å². The molecule has 1 aliphatic heterocycles. The van der Waals surface area contributed by atoms with E-state index in [-0.39, 0.29) is 11.4 Å². The van der Waals surface area contributed by atoms with E-state index in [1.165, 1.54) is 16.4 Å². The molecule has 0 aliphatic carbocycles. The Kier molecular flexibility index (Phi) is 5.40. The molecule has 0 saturated carbocycles. The van der Waals surface area contributed by atoms with Gasteiger partial charge >= 0.3 is 0 Å². The summed E-state index contributed by atoms with van der Waals surface area (Å²) in [6.45, 7) is 2.59. The standard InChI is InChI=1S/C19H21N7O2S2/c1-4-29-19-22-21-18(24(19)2)17-15-12-26(9-8-16(15)25(3)23-17)30(27,28)14-7-5-6-13(10-14)11-20/h5-7,10H,4,8-9,12H2,1-3H3. The highest BCUT2D eigenvalue weighted by Gasteiger charge is 2.33. The third-order valence-corrected chi connectivity index (χ3v) is 7.87. The number of aromatic nitrogens is 5. The van der Waals surface area contributed by atoms with Crippen molar-refractivity contribution in [2.24, 2.45) is 14.1 Å². The van der Waals surface area contributed by atoms with Gasteiger partial charge in [0.25, 0.3) is 0 Å². The summed E-state index contributed by atoms with van der Waals surface area (Å²) in [6.07, 6.45) is 0.546. The minimum atomic E-state index is -3.74. The van der Waals surface area contributed by atoms with Gasteiger partial charge in [0.15, 0.2) is 11.0 Å². The topological polar surface area (TPSA) is 110 Å². The van der Waals surface area contributed by atoms with Gasteiger partial charge in [-0.25, -0.2) is 8.42 Å². The van der Waals surface area contributed by atoms with Gasteiger partial charge in [-0.2, -0.15) is 14.7 Å². The van der Waals surface area contributed by atoms with Crippen LogP contribution in [0.15, 0.2) is 34.3 Å². The predicted molar refractivity (Wildman–Crippen MR) is 112 cm³/mol. The molecule has 1 aliphatic rings. The predicted octanol–water partition coefficient (Wildman–Crippen LogP) is 1.95. The monoisotopic (exact) mass is 443 g/mol.